The highest BCUT2D eigenvalue weighted by Gasteiger charge is 2.39. The summed E-state index contributed by atoms with van der Waals surface area (Å²) in [6.45, 7) is 2.35. The van der Waals surface area contributed by atoms with Crippen LogP contribution in [0.5, 0.6) is 0 Å². The summed E-state index contributed by atoms with van der Waals surface area (Å²) in [7, 11) is -3.90. The lowest BCUT2D eigenvalue weighted by molar-refractivity contribution is -0.121. The second-order valence-electron chi connectivity index (χ2n) is 7.76. The Morgan fingerprint density at radius 3 is 2.69 bits per heavy atom. The highest BCUT2D eigenvalue weighted by atomic mass is 35.5. The summed E-state index contributed by atoms with van der Waals surface area (Å²) < 4.78 is 35.0. The molecule has 182 valence electrons. The molecule has 0 N–H and O–H groups in total. The van der Waals surface area contributed by atoms with Crippen LogP contribution in [0.4, 0.5) is 0 Å². The predicted octanol–water partition coefficient (Wildman–Crippen LogP) is 3.45. The minimum atomic E-state index is -3.90. The maximum absolute atomic E-state index is 13.2. The Bertz CT molecular complexity index is 1500. The standard InChI is InChI=1S/C24H22ClN3O5S2/c1-3-13-27-19-12-7-16(23(30)33-4-2)15-21(19)34-24(27)26-22(29)20-6-5-14-28(20)35(31,32)18-10-8-17(25)9-11-18/h1,7-12,15,20H,4-6,13-14H2,2H3. The molecule has 1 aliphatic rings. The molecule has 8 nitrogen and oxygen atoms in total. The van der Waals surface area contributed by atoms with Crippen molar-refractivity contribution in [2.45, 2.75) is 37.2 Å². The number of nitrogens with zero attached hydrogens (tertiary/aromatic N) is 3. The van der Waals surface area contributed by atoms with Gasteiger partial charge in [0, 0.05) is 11.6 Å². The van der Waals surface area contributed by atoms with Gasteiger partial charge in [0.25, 0.3) is 5.91 Å². The van der Waals surface area contributed by atoms with Gasteiger partial charge in [-0.1, -0.05) is 28.9 Å². The van der Waals surface area contributed by atoms with Crippen LogP contribution in [0.3, 0.4) is 0 Å². The Balaban J connectivity index is 1.71. The molecule has 1 unspecified atom stereocenters. The molecule has 1 fully saturated rings. The summed E-state index contributed by atoms with van der Waals surface area (Å²) in [6.07, 6.45) is 6.44. The third-order valence-corrected chi connectivity index (χ3v) is 8.77. The molecule has 11 heteroatoms. The minimum Gasteiger partial charge on any atom is -0.462 e. The van der Waals surface area contributed by atoms with E-state index in [0.717, 1.165) is 0 Å². The van der Waals surface area contributed by atoms with Crippen molar-refractivity contribution in [3.05, 3.63) is 57.9 Å². The summed E-state index contributed by atoms with van der Waals surface area (Å²) in [5.74, 6) is 1.54. The summed E-state index contributed by atoms with van der Waals surface area (Å²) in [5, 5.41) is 0.418. The molecule has 0 saturated carbocycles. The first-order valence-corrected chi connectivity index (χ1v) is 13.5. The maximum Gasteiger partial charge on any atom is 0.338 e. The topological polar surface area (TPSA) is 98.0 Å². The summed E-state index contributed by atoms with van der Waals surface area (Å²) in [5.41, 5.74) is 1.09. The number of sulfonamides is 1. The Labute approximate surface area is 211 Å². The molecule has 35 heavy (non-hydrogen) atoms. The van der Waals surface area contributed by atoms with Gasteiger partial charge in [-0.05, 0) is 62.2 Å². The van der Waals surface area contributed by atoms with E-state index < -0.39 is 27.9 Å². The zero-order valence-electron chi connectivity index (χ0n) is 18.8. The van der Waals surface area contributed by atoms with Crippen LogP contribution in [0.15, 0.2) is 52.4 Å². The number of terminal acetylenes is 1. The monoisotopic (exact) mass is 531 g/mol. The van der Waals surface area contributed by atoms with Crippen molar-refractivity contribution in [3.8, 4) is 12.3 Å². The normalized spacial score (nSPS) is 16.9. The molecule has 1 saturated heterocycles. The first kappa shape index (κ1) is 25.1. The van der Waals surface area contributed by atoms with E-state index in [1.807, 2.05) is 0 Å². The second-order valence-corrected chi connectivity index (χ2v) is 11.1. The molecular weight excluding hydrogens is 510 g/mol. The highest BCUT2D eigenvalue weighted by Crippen LogP contribution is 2.28. The van der Waals surface area contributed by atoms with Gasteiger partial charge in [-0.2, -0.15) is 9.30 Å². The third kappa shape index (κ3) is 5.04. The van der Waals surface area contributed by atoms with Gasteiger partial charge < -0.3 is 9.30 Å². The van der Waals surface area contributed by atoms with Gasteiger partial charge in [-0.3, -0.25) is 4.79 Å². The fourth-order valence-electron chi connectivity index (χ4n) is 3.93. The summed E-state index contributed by atoms with van der Waals surface area (Å²) in [4.78, 5) is 30.0. The fraction of sp³-hybridized carbons (Fsp3) is 0.292. The number of carbonyl (C=O) groups is 2. The largest absolute Gasteiger partial charge is 0.462 e. The molecule has 1 aliphatic heterocycles. The third-order valence-electron chi connectivity index (χ3n) is 5.56. The SMILES string of the molecule is C#CCn1c(=NC(=O)C2CCCN2S(=O)(=O)c2ccc(Cl)cc2)sc2cc(C(=O)OCC)ccc21. The molecular formula is C24H22ClN3O5S2. The number of thiazole rings is 1. The Morgan fingerprint density at radius 1 is 1.26 bits per heavy atom. The lowest BCUT2D eigenvalue weighted by atomic mass is 10.2. The number of hydrogen-bond acceptors (Lipinski definition) is 6. The maximum atomic E-state index is 13.2. The van der Waals surface area contributed by atoms with Crippen molar-refractivity contribution in [2.24, 2.45) is 4.99 Å². The van der Waals surface area contributed by atoms with Crippen molar-refractivity contribution in [1.29, 1.82) is 0 Å². The number of benzene rings is 2. The van der Waals surface area contributed by atoms with Crippen molar-refractivity contribution in [1.82, 2.24) is 8.87 Å². The first-order valence-electron chi connectivity index (χ1n) is 10.9. The van der Waals surface area contributed by atoms with E-state index in [1.165, 1.54) is 39.9 Å². The predicted molar refractivity (Wildman–Crippen MR) is 134 cm³/mol. The van der Waals surface area contributed by atoms with Crippen LogP contribution in [0.2, 0.25) is 5.02 Å². The van der Waals surface area contributed by atoms with E-state index in [-0.39, 0.29) is 24.6 Å². The Morgan fingerprint density at radius 2 is 2.00 bits per heavy atom. The van der Waals surface area contributed by atoms with E-state index in [2.05, 4.69) is 10.9 Å². The molecule has 1 amide bonds. The zero-order chi connectivity index (χ0) is 25.2. The van der Waals surface area contributed by atoms with Crippen LogP contribution >= 0.6 is 22.9 Å². The fourth-order valence-corrected chi connectivity index (χ4v) is 6.78. The van der Waals surface area contributed by atoms with E-state index in [4.69, 9.17) is 22.8 Å². The van der Waals surface area contributed by atoms with Crippen LogP contribution in [0.25, 0.3) is 10.2 Å². The van der Waals surface area contributed by atoms with Crippen molar-refractivity contribution >= 4 is 55.1 Å². The molecule has 0 bridgehead atoms. The number of ether oxygens (including phenoxy) is 1. The van der Waals surface area contributed by atoms with Gasteiger partial charge in [0.2, 0.25) is 10.0 Å². The van der Waals surface area contributed by atoms with Gasteiger partial charge in [-0.15, -0.1) is 6.42 Å². The molecule has 0 spiro atoms. The molecule has 0 aliphatic carbocycles. The summed E-state index contributed by atoms with van der Waals surface area (Å²) in [6, 6.07) is 9.93. The van der Waals surface area contributed by atoms with E-state index in [9.17, 15) is 18.0 Å². The quantitative estimate of drug-likeness (QED) is 0.358. The van der Waals surface area contributed by atoms with Crippen molar-refractivity contribution < 1.29 is 22.7 Å². The van der Waals surface area contributed by atoms with Gasteiger partial charge in [0.05, 0.1) is 33.8 Å². The molecule has 3 aromatic rings. The van der Waals surface area contributed by atoms with Crippen LogP contribution in [0.1, 0.15) is 30.1 Å². The number of aromatic nitrogens is 1. The smallest absolute Gasteiger partial charge is 0.338 e. The van der Waals surface area contributed by atoms with Gasteiger partial charge >= 0.3 is 5.97 Å². The van der Waals surface area contributed by atoms with E-state index >= 15 is 0 Å². The minimum absolute atomic E-state index is 0.0670. The molecule has 1 aromatic heterocycles. The first-order chi connectivity index (χ1) is 16.8. The number of esters is 1. The molecule has 2 heterocycles. The molecule has 2 aromatic carbocycles. The molecule has 1 atom stereocenters. The number of rotatable bonds is 6. The zero-order valence-corrected chi connectivity index (χ0v) is 21.2. The number of hydrogen-bond donors (Lipinski definition) is 0. The lowest BCUT2D eigenvalue weighted by Gasteiger charge is -2.21. The Kier molecular flexibility index (Phi) is 7.42. The number of fused-ring (bicyclic) bond motifs is 1. The highest BCUT2D eigenvalue weighted by molar-refractivity contribution is 7.89. The average Bonchev–Trinajstić information content (AvgIpc) is 3.45. The second kappa shape index (κ2) is 10.3. The van der Waals surface area contributed by atoms with E-state index in [1.54, 1.807) is 29.7 Å². The number of carbonyl (C=O) groups excluding carboxylic acids is 2. The van der Waals surface area contributed by atoms with Crippen LogP contribution in [0, 0.1) is 12.3 Å². The van der Waals surface area contributed by atoms with E-state index in [0.29, 0.717) is 38.4 Å². The van der Waals surface area contributed by atoms with Gasteiger partial charge in [0.15, 0.2) is 4.80 Å². The average molecular weight is 532 g/mol. The lowest BCUT2D eigenvalue weighted by Crippen LogP contribution is -2.40. The molecule has 0 radical (unpaired) electrons. The summed E-state index contributed by atoms with van der Waals surface area (Å²) >= 11 is 7.09. The van der Waals surface area contributed by atoms with Gasteiger partial charge in [0.1, 0.15) is 6.04 Å². The van der Waals surface area contributed by atoms with Gasteiger partial charge in [-0.25, -0.2) is 13.2 Å². The Hall–Kier alpha value is -2.97. The van der Waals surface area contributed by atoms with Crippen LogP contribution in [-0.4, -0.2) is 48.4 Å². The number of amides is 1. The van der Waals surface area contributed by atoms with Crippen molar-refractivity contribution in [3.63, 3.8) is 0 Å². The molecule has 4 rings (SSSR count). The van der Waals surface area contributed by atoms with Crippen LogP contribution in [-0.2, 0) is 26.1 Å². The van der Waals surface area contributed by atoms with Crippen molar-refractivity contribution in [2.75, 3.05) is 13.2 Å². The van der Waals surface area contributed by atoms with Crippen LogP contribution < -0.4 is 4.80 Å². The number of halogens is 1.